The summed E-state index contributed by atoms with van der Waals surface area (Å²) in [6, 6.07) is 6.87. The van der Waals surface area contributed by atoms with Crippen molar-refractivity contribution in [1.82, 2.24) is 20.1 Å². The van der Waals surface area contributed by atoms with Gasteiger partial charge in [-0.1, -0.05) is 29.3 Å². The van der Waals surface area contributed by atoms with Crippen LogP contribution in [0.25, 0.3) is 0 Å². The van der Waals surface area contributed by atoms with Crippen LogP contribution in [0.1, 0.15) is 46.1 Å². The third-order valence-electron chi connectivity index (χ3n) is 5.76. The van der Waals surface area contributed by atoms with E-state index in [0.717, 1.165) is 30.9 Å². The van der Waals surface area contributed by atoms with Crippen molar-refractivity contribution in [2.45, 2.75) is 38.3 Å². The molecule has 35 heavy (non-hydrogen) atoms. The van der Waals surface area contributed by atoms with Crippen molar-refractivity contribution in [1.29, 1.82) is 0 Å². The van der Waals surface area contributed by atoms with Gasteiger partial charge in [0.05, 0.1) is 44.9 Å². The highest BCUT2D eigenvalue weighted by atomic mass is 127. The first-order chi connectivity index (χ1) is 16.8. The number of carbonyl (C=O) groups excluding carboxylic acids is 2. The molecule has 4 rings (SSSR count). The molecule has 0 saturated carbocycles. The third kappa shape index (κ3) is 6.45. The van der Waals surface area contributed by atoms with E-state index >= 15 is 0 Å². The van der Waals surface area contributed by atoms with Gasteiger partial charge in [-0.25, -0.2) is 4.98 Å². The van der Waals surface area contributed by atoms with Crippen molar-refractivity contribution in [3.63, 3.8) is 0 Å². The standard InChI is InChI=1S/C24H24Cl2IN5O3/c1-35-21(33)11-20(15-9-18(25)22(27)19(26)10-15)31-24(34)16-12-29-32(13-16)8-6-17-5-4-14-3-2-7-28-23(14)30-17/h4-5,9-10,12-13,20H,2-3,6-8,11H2,1H3,(H,28,30)(H,31,34). The lowest BCUT2D eigenvalue weighted by atomic mass is 10.0. The van der Waals surface area contributed by atoms with E-state index in [9.17, 15) is 9.59 Å². The van der Waals surface area contributed by atoms with Gasteiger partial charge in [-0.15, -0.1) is 0 Å². The Hall–Kier alpha value is -2.37. The van der Waals surface area contributed by atoms with Gasteiger partial charge in [0.1, 0.15) is 5.82 Å². The van der Waals surface area contributed by atoms with E-state index in [1.807, 2.05) is 28.7 Å². The van der Waals surface area contributed by atoms with E-state index in [1.165, 1.54) is 18.9 Å². The minimum absolute atomic E-state index is 0.0678. The number of fused-ring (bicyclic) bond motifs is 1. The zero-order chi connectivity index (χ0) is 24.9. The number of aromatic nitrogens is 3. The minimum atomic E-state index is -0.669. The summed E-state index contributed by atoms with van der Waals surface area (Å²) in [4.78, 5) is 29.7. The van der Waals surface area contributed by atoms with Crippen LogP contribution in [-0.4, -0.2) is 40.3 Å². The van der Waals surface area contributed by atoms with Crippen LogP contribution < -0.4 is 10.6 Å². The summed E-state index contributed by atoms with van der Waals surface area (Å²) in [5.41, 5.74) is 3.20. The molecular formula is C24H24Cl2IN5O3. The van der Waals surface area contributed by atoms with Gasteiger partial charge < -0.3 is 15.4 Å². The molecule has 0 fully saturated rings. The lowest BCUT2D eigenvalue weighted by Gasteiger charge is -2.19. The second kappa shape index (κ2) is 11.6. The molecule has 8 nitrogen and oxygen atoms in total. The fourth-order valence-corrected chi connectivity index (χ4v) is 4.68. The van der Waals surface area contributed by atoms with E-state index < -0.39 is 12.0 Å². The smallest absolute Gasteiger partial charge is 0.307 e. The molecular weight excluding hydrogens is 604 g/mol. The van der Waals surface area contributed by atoms with Gasteiger partial charge in [0.15, 0.2) is 0 Å². The summed E-state index contributed by atoms with van der Waals surface area (Å²) in [6.07, 6.45) is 5.96. The molecule has 0 spiro atoms. The molecule has 3 heterocycles. The van der Waals surface area contributed by atoms with Crippen LogP contribution in [0.4, 0.5) is 5.82 Å². The lowest BCUT2D eigenvalue weighted by Crippen LogP contribution is -2.30. The van der Waals surface area contributed by atoms with Crippen molar-refractivity contribution in [2.24, 2.45) is 0 Å². The van der Waals surface area contributed by atoms with E-state index in [-0.39, 0.29) is 12.3 Å². The topological polar surface area (TPSA) is 98.1 Å². The molecule has 0 bridgehead atoms. The van der Waals surface area contributed by atoms with Crippen LogP contribution in [0.2, 0.25) is 10.0 Å². The number of amides is 1. The van der Waals surface area contributed by atoms with Crippen LogP contribution in [0.3, 0.4) is 0 Å². The Morgan fingerprint density at radius 2 is 2.06 bits per heavy atom. The number of esters is 1. The van der Waals surface area contributed by atoms with Gasteiger partial charge in [0.2, 0.25) is 0 Å². The number of rotatable bonds is 8. The Balaban J connectivity index is 1.43. The van der Waals surface area contributed by atoms with E-state index in [4.69, 9.17) is 32.9 Å². The third-order valence-corrected chi connectivity index (χ3v) is 8.15. The monoisotopic (exact) mass is 627 g/mol. The second-order valence-electron chi connectivity index (χ2n) is 8.19. The maximum atomic E-state index is 13.0. The average Bonchev–Trinajstić information content (AvgIpc) is 3.34. The molecule has 1 aliphatic rings. The molecule has 0 radical (unpaired) electrons. The van der Waals surface area contributed by atoms with E-state index in [0.29, 0.717) is 37.7 Å². The summed E-state index contributed by atoms with van der Waals surface area (Å²) in [5, 5.41) is 11.4. The van der Waals surface area contributed by atoms with Gasteiger partial charge in [0, 0.05) is 31.4 Å². The maximum Gasteiger partial charge on any atom is 0.307 e. The van der Waals surface area contributed by atoms with Crippen LogP contribution in [0.15, 0.2) is 36.7 Å². The van der Waals surface area contributed by atoms with Crippen LogP contribution in [0.5, 0.6) is 0 Å². The molecule has 1 amide bonds. The first kappa shape index (κ1) is 25.7. The number of anilines is 1. The summed E-state index contributed by atoms with van der Waals surface area (Å²) in [7, 11) is 1.30. The number of nitrogens with zero attached hydrogens (tertiary/aromatic N) is 3. The fourth-order valence-electron chi connectivity index (χ4n) is 3.86. The molecule has 2 N–H and O–H groups in total. The quantitative estimate of drug-likeness (QED) is 0.211. The molecule has 0 saturated heterocycles. The highest BCUT2D eigenvalue weighted by molar-refractivity contribution is 14.1. The Kier molecular flexibility index (Phi) is 8.51. The number of pyridine rings is 1. The van der Waals surface area contributed by atoms with Gasteiger partial charge in [-0.3, -0.25) is 14.3 Å². The molecule has 1 aliphatic heterocycles. The number of hydrogen-bond acceptors (Lipinski definition) is 6. The van der Waals surface area contributed by atoms with Crippen LogP contribution in [0, 0.1) is 3.57 Å². The zero-order valence-corrected chi connectivity index (χ0v) is 22.7. The summed E-state index contributed by atoms with van der Waals surface area (Å²) >= 11 is 14.6. The lowest BCUT2D eigenvalue weighted by molar-refractivity contribution is -0.141. The number of aryl methyl sites for hydroxylation is 3. The van der Waals surface area contributed by atoms with Crippen molar-refractivity contribution < 1.29 is 14.3 Å². The predicted octanol–water partition coefficient (Wildman–Crippen LogP) is 4.82. The number of ether oxygens (including phenoxy) is 1. The van der Waals surface area contributed by atoms with Crippen molar-refractivity contribution in [3.8, 4) is 0 Å². The molecule has 1 aromatic carbocycles. The normalized spacial score (nSPS) is 13.5. The number of halogens is 3. The van der Waals surface area contributed by atoms with E-state index in [2.05, 4.69) is 21.8 Å². The fraction of sp³-hybridized carbons (Fsp3) is 0.333. The maximum absolute atomic E-state index is 13.0. The summed E-state index contributed by atoms with van der Waals surface area (Å²) < 4.78 is 7.21. The SMILES string of the molecule is COC(=O)CC(NC(=O)c1cnn(CCc2ccc3c(n2)NCCC3)c1)c1cc(Cl)c(I)c(Cl)c1. The summed E-state index contributed by atoms with van der Waals surface area (Å²) in [5.74, 6) is 0.123. The largest absolute Gasteiger partial charge is 0.469 e. The highest BCUT2D eigenvalue weighted by Gasteiger charge is 2.22. The van der Waals surface area contributed by atoms with Crippen LogP contribution in [-0.2, 0) is 28.9 Å². The Labute approximate surface area is 226 Å². The first-order valence-corrected chi connectivity index (χ1v) is 12.9. The molecule has 0 aliphatic carbocycles. The van der Waals surface area contributed by atoms with Gasteiger partial charge in [0.25, 0.3) is 5.91 Å². The summed E-state index contributed by atoms with van der Waals surface area (Å²) in [6.45, 7) is 1.52. The van der Waals surface area contributed by atoms with Crippen LogP contribution >= 0.6 is 45.8 Å². The van der Waals surface area contributed by atoms with Gasteiger partial charge in [-0.2, -0.15) is 5.10 Å². The van der Waals surface area contributed by atoms with Gasteiger partial charge >= 0.3 is 5.97 Å². The Morgan fingerprint density at radius 3 is 2.80 bits per heavy atom. The van der Waals surface area contributed by atoms with E-state index in [1.54, 1.807) is 23.0 Å². The molecule has 3 aromatic rings. The van der Waals surface area contributed by atoms with Crippen molar-refractivity contribution in [2.75, 3.05) is 19.0 Å². The molecule has 184 valence electrons. The second-order valence-corrected chi connectivity index (χ2v) is 10.1. The average molecular weight is 628 g/mol. The Bertz CT molecular complexity index is 1230. The molecule has 1 atom stereocenters. The van der Waals surface area contributed by atoms with Gasteiger partial charge in [-0.05, 0) is 64.8 Å². The number of hydrogen-bond donors (Lipinski definition) is 2. The predicted molar refractivity (Wildman–Crippen MR) is 143 cm³/mol. The number of benzene rings is 1. The number of nitrogens with one attached hydrogen (secondary N) is 2. The zero-order valence-electron chi connectivity index (χ0n) is 19.0. The number of methoxy groups -OCH3 is 1. The Morgan fingerprint density at radius 1 is 1.29 bits per heavy atom. The highest BCUT2D eigenvalue weighted by Crippen LogP contribution is 2.31. The number of carbonyl (C=O) groups is 2. The first-order valence-electron chi connectivity index (χ1n) is 11.1. The minimum Gasteiger partial charge on any atom is -0.469 e. The van der Waals surface area contributed by atoms with Crippen molar-refractivity contribution >= 4 is 63.5 Å². The molecule has 11 heteroatoms. The molecule has 1 unspecified atom stereocenters. The molecule has 2 aromatic heterocycles. The van der Waals surface area contributed by atoms with Crippen molar-refractivity contribution in [3.05, 3.63) is 72.7 Å².